The molecule has 198 valence electrons. The first-order chi connectivity index (χ1) is 17.5. The predicted octanol–water partition coefficient (Wildman–Crippen LogP) is 3.41. The summed E-state index contributed by atoms with van der Waals surface area (Å²) >= 11 is 0. The number of amides is 1. The topological polar surface area (TPSA) is 104 Å². The van der Waals surface area contributed by atoms with Gasteiger partial charge in [-0.3, -0.25) is 4.79 Å². The molecule has 1 aliphatic rings. The van der Waals surface area contributed by atoms with E-state index in [1.165, 1.54) is 19.2 Å². The third-order valence-electron chi connectivity index (χ3n) is 6.37. The van der Waals surface area contributed by atoms with Crippen LogP contribution in [0, 0.1) is 12.7 Å². The second-order valence-electron chi connectivity index (χ2n) is 9.00. The van der Waals surface area contributed by atoms with Gasteiger partial charge in [-0.25, -0.2) is 23.1 Å². The Bertz CT molecular complexity index is 1310. The first-order valence-corrected chi connectivity index (χ1v) is 11.8. The van der Waals surface area contributed by atoms with Crippen LogP contribution in [-0.2, 0) is 10.7 Å². The Morgan fingerprint density at radius 2 is 1.92 bits per heavy atom. The summed E-state index contributed by atoms with van der Waals surface area (Å²) in [5.74, 6) is -3.50. The van der Waals surface area contributed by atoms with Crippen LogP contribution in [0.4, 0.5) is 24.7 Å². The number of halogens is 3. The molecule has 37 heavy (non-hydrogen) atoms. The van der Waals surface area contributed by atoms with E-state index in [2.05, 4.69) is 20.3 Å². The van der Waals surface area contributed by atoms with Gasteiger partial charge in [-0.05, 0) is 19.9 Å². The van der Waals surface area contributed by atoms with E-state index >= 15 is 4.39 Å². The van der Waals surface area contributed by atoms with Gasteiger partial charge in [0.1, 0.15) is 29.8 Å². The largest absolute Gasteiger partial charge is 0.479 e. The predicted molar refractivity (Wildman–Crippen MR) is 133 cm³/mol. The molecule has 2 aromatic heterocycles. The van der Waals surface area contributed by atoms with Crippen LogP contribution in [0.3, 0.4) is 0 Å². The SMILES string of the molecule is COc1nc2nc(C)nc(N[C@H](C)c3cccc(C(C)(F)F)c3F)c2cc1N1CCN(C(=O)CO)CC1. The van der Waals surface area contributed by atoms with Gasteiger partial charge in [-0.2, -0.15) is 4.98 Å². The summed E-state index contributed by atoms with van der Waals surface area (Å²) in [7, 11) is 1.50. The molecule has 1 fully saturated rings. The fraction of sp³-hybridized carbons (Fsp3) is 0.440. The van der Waals surface area contributed by atoms with E-state index in [9.17, 15) is 13.6 Å². The van der Waals surface area contributed by atoms with Gasteiger partial charge in [0.2, 0.25) is 11.8 Å². The number of fused-ring (bicyclic) bond motifs is 1. The lowest BCUT2D eigenvalue weighted by atomic mass is 10.0. The van der Waals surface area contributed by atoms with Crippen molar-refractivity contribution in [1.82, 2.24) is 19.9 Å². The number of aliphatic hydroxyl groups is 1. The highest BCUT2D eigenvalue weighted by Gasteiger charge is 2.30. The lowest BCUT2D eigenvalue weighted by molar-refractivity contribution is -0.134. The Morgan fingerprint density at radius 3 is 2.54 bits per heavy atom. The number of ether oxygens (including phenoxy) is 1. The Balaban J connectivity index is 1.70. The number of hydrogen-bond acceptors (Lipinski definition) is 8. The van der Waals surface area contributed by atoms with Crippen LogP contribution in [0.2, 0.25) is 0 Å². The molecule has 1 aromatic carbocycles. The number of alkyl halides is 2. The number of piperazine rings is 1. The van der Waals surface area contributed by atoms with Gasteiger partial charge in [0, 0.05) is 38.7 Å². The molecule has 0 spiro atoms. The number of methoxy groups -OCH3 is 1. The minimum Gasteiger partial charge on any atom is -0.479 e. The molecule has 0 unspecified atom stereocenters. The van der Waals surface area contributed by atoms with Crippen LogP contribution in [0.1, 0.15) is 36.8 Å². The summed E-state index contributed by atoms with van der Waals surface area (Å²) in [6, 6.07) is 5.05. The standard InChI is InChI=1S/C25H29F3N6O3/c1-14(16-6-5-7-18(21(16)26)25(3,27)28)29-22-17-12-19(24(37-4)32-23(17)31-15(2)30-22)33-8-10-34(11-9-33)20(36)13-35/h5-7,12,14,35H,8-11,13H2,1-4H3,(H,29,30,31,32)/t14-/m1/s1. The molecule has 0 aliphatic carbocycles. The summed E-state index contributed by atoms with van der Waals surface area (Å²) in [5, 5.41) is 12.8. The highest BCUT2D eigenvalue weighted by atomic mass is 19.3. The smallest absolute Gasteiger partial charge is 0.273 e. The molecule has 1 atom stereocenters. The summed E-state index contributed by atoms with van der Waals surface area (Å²) < 4.78 is 48.3. The second-order valence-corrected chi connectivity index (χ2v) is 9.00. The number of aliphatic hydroxyl groups excluding tert-OH is 1. The van der Waals surface area contributed by atoms with Crippen molar-refractivity contribution in [1.29, 1.82) is 0 Å². The zero-order valence-electron chi connectivity index (χ0n) is 21.1. The summed E-state index contributed by atoms with van der Waals surface area (Å²) in [6.07, 6.45) is 0. The quantitative estimate of drug-likeness (QED) is 0.491. The van der Waals surface area contributed by atoms with Gasteiger partial charge in [0.25, 0.3) is 5.92 Å². The number of nitrogens with one attached hydrogen (secondary N) is 1. The number of pyridine rings is 1. The molecule has 1 saturated heterocycles. The van der Waals surface area contributed by atoms with Crippen molar-refractivity contribution in [3.05, 3.63) is 47.0 Å². The third-order valence-corrected chi connectivity index (χ3v) is 6.37. The van der Waals surface area contributed by atoms with Crippen LogP contribution in [0.5, 0.6) is 5.88 Å². The maximum absolute atomic E-state index is 15.0. The van der Waals surface area contributed by atoms with Crippen molar-refractivity contribution < 1.29 is 27.8 Å². The van der Waals surface area contributed by atoms with Crippen molar-refractivity contribution in [2.75, 3.05) is 50.1 Å². The number of aromatic nitrogens is 3. The highest BCUT2D eigenvalue weighted by Crippen LogP contribution is 2.36. The fourth-order valence-electron chi connectivity index (χ4n) is 4.43. The number of anilines is 2. The molecule has 0 bridgehead atoms. The number of carbonyl (C=O) groups is 1. The molecule has 4 rings (SSSR count). The maximum atomic E-state index is 15.0. The van der Waals surface area contributed by atoms with E-state index in [1.54, 1.807) is 18.7 Å². The summed E-state index contributed by atoms with van der Waals surface area (Å²) in [6.45, 7) is 5.30. The molecular formula is C25H29F3N6O3. The molecular weight excluding hydrogens is 489 g/mol. The van der Waals surface area contributed by atoms with E-state index in [0.29, 0.717) is 67.3 Å². The molecule has 2 N–H and O–H groups in total. The minimum atomic E-state index is -3.32. The summed E-state index contributed by atoms with van der Waals surface area (Å²) in [4.78, 5) is 28.9. The van der Waals surface area contributed by atoms with E-state index in [0.717, 1.165) is 6.07 Å². The van der Waals surface area contributed by atoms with E-state index in [1.807, 2.05) is 11.0 Å². The molecule has 3 aromatic rings. The van der Waals surface area contributed by atoms with E-state index in [-0.39, 0.29) is 11.5 Å². The first kappa shape index (κ1) is 26.4. The molecule has 1 amide bonds. The minimum absolute atomic E-state index is 0.0785. The third kappa shape index (κ3) is 5.38. The normalized spacial score (nSPS) is 15.1. The van der Waals surface area contributed by atoms with Gasteiger partial charge in [-0.15, -0.1) is 0 Å². The number of hydrogen-bond donors (Lipinski definition) is 2. The average Bonchev–Trinajstić information content (AvgIpc) is 2.86. The zero-order chi connectivity index (χ0) is 26.9. The Labute approximate surface area is 212 Å². The van der Waals surface area contributed by atoms with Gasteiger partial charge >= 0.3 is 0 Å². The average molecular weight is 519 g/mol. The van der Waals surface area contributed by atoms with Crippen LogP contribution in [0.25, 0.3) is 11.0 Å². The molecule has 1 aliphatic heterocycles. The Morgan fingerprint density at radius 1 is 1.22 bits per heavy atom. The van der Waals surface area contributed by atoms with E-state index < -0.39 is 30.0 Å². The Hall–Kier alpha value is -3.67. The number of nitrogens with zero attached hydrogens (tertiary/aromatic N) is 5. The van der Waals surface area contributed by atoms with Crippen molar-refractivity contribution in [2.24, 2.45) is 0 Å². The fourth-order valence-corrected chi connectivity index (χ4v) is 4.43. The van der Waals surface area contributed by atoms with Gasteiger partial charge in [0.15, 0.2) is 5.65 Å². The second kappa shape index (κ2) is 10.4. The number of aryl methyl sites for hydroxylation is 1. The lowest BCUT2D eigenvalue weighted by Gasteiger charge is -2.36. The van der Waals surface area contributed by atoms with Gasteiger partial charge < -0.3 is 25.0 Å². The monoisotopic (exact) mass is 518 g/mol. The van der Waals surface area contributed by atoms with Crippen LogP contribution in [-0.4, -0.2) is 70.8 Å². The van der Waals surface area contributed by atoms with Crippen molar-refractivity contribution in [2.45, 2.75) is 32.7 Å². The van der Waals surface area contributed by atoms with Crippen LogP contribution >= 0.6 is 0 Å². The van der Waals surface area contributed by atoms with Crippen molar-refractivity contribution in [3.63, 3.8) is 0 Å². The molecule has 3 heterocycles. The van der Waals surface area contributed by atoms with Crippen molar-refractivity contribution in [3.8, 4) is 5.88 Å². The molecule has 0 radical (unpaired) electrons. The maximum Gasteiger partial charge on any atom is 0.273 e. The van der Waals surface area contributed by atoms with Gasteiger partial charge in [0.05, 0.1) is 24.1 Å². The first-order valence-electron chi connectivity index (χ1n) is 11.8. The molecule has 9 nitrogen and oxygen atoms in total. The number of rotatable bonds is 7. The Kier molecular flexibility index (Phi) is 7.39. The van der Waals surface area contributed by atoms with Crippen LogP contribution in [0.15, 0.2) is 24.3 Å². The zero-order valence-corrected chi connectivity index (χ0v) is 21.1. The number of benzene rings is 1. The lowest BCUT2D eigenvalue weighted by Crippen LogP contribution is -2.49. The highest BCUT2D eigenvalue weighted by molar-refractivity contribution is 5.90. The summed E-state index contributed by atoms with van der Waals surface area (Å²) in [5.41, 5.74) is 0.420. The van der Waals surface area contributed by atoms with Crippen LogP contribution < -0.4 is 15.0 Å². The van der Waals surface area contributed by atoms with Crippen molar-refractivity contribution >= 4 is 28.4 Å². The molecule has 12 heteroatoms. The molecule has 0 saturated carbocycles. The number of carbonyl (C=O) groups excluding carboxylic acids is 1. The van der Waals surface area contributed by atoms with E-state index in [4.69, 9.17) is 9.84 Å². The van der Waals surface area contributed by atoms with Gasteiger partial charge in [-0.1, -0.05) is 18.2 Å².